The maximum Gasteiger partial charge on any atom is 0.139 e. The molecule has 4 heteroatoms. The first-order chi connectivity index (χ1) is 6.20. The van der Waals surface area contributed by atoms with E-state index in [1.165, 1.54) is 6.07 Å². The highest BCUT2D eigenvalue weighted by Crippen LogP contribution is 2.23. The van der Waals surface area contributed by atoms with Crippen LogP contribution in [0.3, 0.4) is 0 Å². The van der Waals surface area contributed by atoms with Crippen molar-refractivity contribution in [3.63, 3.8) is 0 Å². The van der Waals surface area contributed by atoms with Crippen molar-refractivity contribution >= 4 is 26.8 Å². The van der Waals surface area contributed by atoms with E-state index in [1.54, 1.807) is 12.1 Å². The van der Waals surface area contributed by atoms with Crippen molar-refractivity contribution in [3.05, 3.63) is 34.2 Å². The number of hydrogen-bond acceptors (Lipinski definition) is 1. The van der Waals surface area contributed by atoms with Gasteiger partial charge in [-0.15, -0.1) is 0 Å². The lowest BCUT2D eigenvalue weighted by Gasteiger charge is -1.93. The second-order valence-electron chi connectivity index (χ2n) is 2.65. The third kappa shape index (κ3) is 1.31. The molecule has 0 saturated heterocycles. The molecular formula is C9H4BrFN2. The zero-order valence-corrected chi connectivity index (χ0v) is 8.02. The number of H-pyrrole nitrogens is 1. The zero-order valence-electron chi connectivity index (χ0n) is 6.44. The van der Waals surface area contributed by atoms with Crippen molar-refractivity contribution in [2.75, 3.05) is 0 Å². The average Bonchev–Trinajstić information content (AvgIpc) is 2.48. The first-order valence-electron chi connectivity index (χ1n) is 3.58. The van der Waals surface area contributed by atoms with Crippen LogP contribution in [0.15, 0.2) is 22.7 Å². The fourth-order valence-corrected chi connectivity index (χ4v) is 1.55. The SMILES string of the molecule is N#Cc1cc2cc(Br)c(F)cc2[nH]1. The van der Waals surface area contributed by atoms with Gasteiger partial charge in [-0.1, -0.05) is 0 Å². The molecule has 1 aromatic heterocycles. The maximum atomic E-state index is 13.0. The molecule has 2 nitrogen and oxygen atoms in total. The van der Waals surface area contributed by atoms with Crippen LogP contribution in [0.1, 0.15) is 5.69 Å². The van der Waals surface area contributed by atoms with Gasteiger partial charge in [0.25, 0.3) is 0 Å². The smallest absolute Gasteiger partial charge is 0.139 e. The summed E-state index contributed by atoms with van der Waals surface area (Å²) >= 11 is 3.08. The Morgan fingerprint density at radius 1 is 1.38 bits per heavy atom. The van der Waals surface area contributed by atoms with Crippen molar-refractivity contribution in [2.45, 2.75) is 0 Å². The number of aromatic nitrogens is 1. The Morgan fingerprint density at radius 3 is 2.85 bits per heavy atom. The molecule has 1 heterocycles. The Morgan fingerprint density at radius 2 is 2.15 bits per heavy atom. The molecule has 0 spiro atoms. The van der Waals surface area contributed by atoms with Crippen LogP contribution in [-0.2, 0) is 0 Å². The summed E-state index contributed by atoms with van der Waals surface area (Å²) in [6, 6.07) is 6.64. The van der Waals surface area contributed by atoms with E-state index in [1.807, 2.05) is 6.07 Å². The monoisotopic (exact) mass is 238 g/mol. The van der Waals surface area contributed by atoms with Gasteiger partial charge in [0.05, 0.1) is 4.47 Å². The highest BCUT2D eigenvalue weighted by atomic mass is 79.9. The topological polar surface area (TPSA) is 39.6 Å². The van der Waals surface area contributed by atoms with Crippen LogP contribution in [0, 0.1) is 17.1 Å². The predicted molar refractivity (Wildman–Crippen MR) is 50.7 cm³/mol. The summed E-state index contributed by atoms with van der Waals surface area (Å²) in [5, 5.41) is 9.41. The minimum Gasteiger partial charge on any atom is -0.346 e. The normalized spacial score (nSPS) is 10.2. The quantitative estimate of drug-likeness (QED) is 0.754. The summed E-state index contributed by atoms with van der Waals surface area (Å²) in [6.45, 7) is 0. The molecule has 2 aromatic rings. The van der Waals surface area contributed by atoms with Gasteiger partial charge in [-0.25, -0.2) is 4.39 Å². The van der Waals surface area contributed by atoms with Crippen LogP contribution in [0.5, 0.6) is 0 Å². The van der Waals surface area contributed by atoms with E-state index in [-0.39, 0.29) is 5.82 Å². The van der Waals surface area contributed by atoms with Gasteiger partial charge in [-0.2, -0.15) is 5.26 Å². The lowest BCUT2D eigenvalue weighted by atomic mass is 10.2. The van der Waals surface area contributed by atoms with Gasteiger partial charge in [0, 0.05) is 10.9 Å². The summed E-state index contributed by atoms with van der Waals surface area (Å²) in [5.74, 6) is -0.334. The van der Waals surface area contributed by atoms with E-state index in [2.05, 4.69) is 20.9 Å². The molecule has 1 N–H and O–H groups in total. The van der Waals surface area contributed by atoms with E-state index >= 15 is 0 Å². The van der Waals surface area contributed by atoms with E-state index in [0.29, 0.717) is 15.7 Å². The molecule has 0 aliphatic rings. The molecule has 64 valence electrons. The van der Waals surface area contributed by atoms with Crippen molar-refractivity contribution in [1.82, 2.24) is 4.98 Å². The number of benzene rings is 1. The Bertz CT molecular complexity index is 471. The molecule has 0 saturated carbocycles. The van der Waals surface area contributed by atoms with Crippen molar-refractivity contribution < 1.29 is 4.39 Å². The van der Waals surface area contributed by atoms with Crippen molar-refractivity contribution in [1.29, 1.82) is 5.26 Å². The molecular weight excluding hydrogens is 235 g/mol. The van der Waals surface area contributed by atoms with Crippen LogP contribution in [0.4, 0.5) is 4.39 Å². The standard InChI is InChI=1S/C9H4BrFN2/c10-7-2-5-1-6(4-12)13-9(5)3-8(7)11/h1-3,13H. The van der Waals surface area contributed by atoms with E-state index in [4.69, 9.17) is 5.26 Å². The highest BCUT2D eigenvalue weighted by Gasteiger charge is 2.04. The Hall–Kier alpha value is -1.34. The van der Waals surface area contributed by atoms with Crippen molar-refractivity contribution in [3.8, 4) is 6.07 Å². The summed E-state index contributed by atoms with van der Waals surface area (Å²) in [6.07, 6.45) is 0. The van der Waals surface area contributed by atoms with Gasteiger partial charge in [0.1, 0.15) is 17.6 Å². The number of hydrogen-bond donors (Lipinski definition) is 1. The number of aromatic amines is 1. The molecule has 0 aliphatic heterocycles. The first-order valence-corrected chi connectivity index (χ1v) is 4.38. The lowest BCUT2D eigenvalue weighted by molar-refractivity contribution is 0.623. The van der Waals surface area contributed by atoms with E-state index in [0.717, 1.165) is 5.39 Å². The van der Waals surface area contributed by atoms with Gasteiger partial charge < -0.3 is 4.98 Å². The molecule has 0 radical (unpaired) electrons. The number of nitriles is 1. The van der Waals surface area contributed by atoms with Gasteiger partial charge in [-0.05, 0) is 34.1 Å². The second kappa shape index (κ2) is 2.86. The molecule has 2 rings (SSSR count). The largest absolute Gasteiger partial charge is 0.346 e. The summed E-state index contributed by atoms with van der Waals surface area (Å²) in [4.78, 5) is 2.79. The molecule has 1 aromatic carbocycles. The number of nitrogens with one attached hydrogen (secondary N) is 1. The van der Waals surface area contributed by atoms with Crippen molar-refractivity contribution in [2.24, 2.45) is 0 Å². The molecule has 0 unspecified atom stereocenters. The van der Waals surface area contributed by atoms with Crippen LogP contribution in [0.2, 0.25) is 0 Å². The number of nitrogens with zero attached hydrogens (tertiary/aromatic N) is 1. The fourth-order valence-electron chi connectivity index (χ4n) is 1.19. The molecule has 0 fully saturated rings. The minimum absolute atomic E-state index is 0.334. The fraction of sp³-hybridized carbons (Fsp3) is 0. The van der Waals surface area contributed by atoms with Gasteiger partial charge in [-0.3, -0.25) is 0 Å². The molecule has 0 amide bonds. The second-order valence-corrected chi connectivity index (χ2v) is 3.50. The third-order valence-corrected chi connectivity index (χ3v) is 2.39. The van der Waals surface area contributed by atoms with Gasteiger partial charge in [0.15, 0.2) is 0 Å². The first kappa shape index (κ1) is 8.27. The average molecular weight is 239 g/mol. The summed E-state index contributed by atoms with van der Waals surface area (Å²) in [7, 11) is 0. The highest BCUT2D eigenvalue weighted by molar-refractivity contribution is 9.10. The van der Waals surface area contributed by atoms with E-state index in [9.17, 15) is 4.39 Å². The minimum atomic E-state index is -0.334. The van der Waals surface area contributed by atoms with Crippen LogP contribution < -0.4 is 0 Å². The summed E-state index contributed by atoms with van der Waals surface area (Å²) < 4.78 is 13.4. The number of rotatable bonds is 0. The Labute approximate surface area is 82.1 Å². The molecule has 0 aliphatic carbocycles. The summed E-state index contributed by atoms with van der Waals surface area (Å²) in [5.41, 5.74) is 1.07. The van der Waals surface area contributed by atoms with Crippen LogP contribution in [-0.4, -0.2) is 4.98 Å². The van der Waals surface area contributed by atoms with Crippen LogP contribution in [0.25, 0.3) is 10.9 Å². The van der Waals surface area contributed by atoms with E-state index < -0.39 is 0 Å². The zero-order chi connectivity index (χ0) is 9.42. The maximum absolute atomic E-state index is 13.0. The van der Waals surface area contributed by atoms with Gasteiger partial charge in [0.2, 0.25) is 0 Å². The van der Waals surface area contributed by atoms with Crippen LogP contribution >= 0.6 is 15.9 Å². The number of halogens is 2. The lowest BCUT2D eigenvalue weighted by Crippen LogP contribution is -1.76. The Kier molecular flexibility index (Phi) is 1.82. The molecule has 0 atom stereocenters. The predicted octanol–water partition coefficient (Wildman–Crippen LogP) is 2.94. The number of fused-ring (bicyclic) bond motifs is 1. The molecule has 0 bridgehead atoms. The van der Waals surface area contributed by atoms with Gasteiger partial charge >= 0.3 is 0 Å². The third-order valence-electron chi connectivity index (χ3n) is 1.78. The Balaban J connectivity index is 2.79. The molecule has 13 heavy (non-hydrogen) atoms.